The van der Waals surface area contributed by atoms with Crippen LogP contribution in [0.25, 0.3) is 0 Å². The number of halogens is 1. The summed E-state index contributed by atoms with van der Waals surface area (Å²) in [5.41, 5.74) is 9.35. The van der Waals surface area contributed by atoms with Crippen LogP contribution in [0, 0.1) is 0 Å². The van der Waals surface area contributed by atoms with Gasteiger partial charge in [0.15, 0.2) is 0 Å². The molecule has 0 radical (unpaired) electrons. The van der Waals surface area contributed by atoms with Gasteiger partial charge in [-0.15, -0.1) is 0 Å². The largest absolute Gasteiger partial charge is 0.398 e. The highest BCUT2D eigenvalue weighted by molar-refractivity contribution is 6.33. The van der Waals surface area contributed by atoms with Gasteiger partial charge in [-0.3, -0.25) is 4.79 Å². The average Bonchev–Trinajstić information content (AvgIpc) is 2.64. The first-order valence-electron chi connectivity index (χ1n) is 7.06. The van der Waals surface area contributed by atoms with Crippen molar-refractivity contribution in [1.29, 1.82) is 0 Å². The van der Waals surface area contributed by atoms with Gasteiger partial charge < -0.3 is 10.6 Å². The number of fused-ring (bicyclic) bond motifs is 1. The molecule has 21 heavy (non-hydrogen) atoms. The molecule has 0 aromatic heterocycles. The second-order valence-corrected chi connectivity index (χ2v) is 5.75. The Morgan fingerprint density at radius 2 is 2.00 bits per heavy atom. The summed E-state index contributed by atoms with van der Waals surface area (Å²) in [7, 11) is 0. The zero-order valence-corrected chi connectivity index (χ0v) is 12.4. The molecule has 1 amide bonds. The SMILES string of the molecule is Nc1cc(CN2CCCc3ccccc3C2=O)ccc1Cl. The molecule has 3 nitrogen and oxygen atoms in total. The smallest absolute Gasteiger partial charge is 0.254 e. The lowest BCUT2D eigenvalue weighted by Gasteiger charge is -2.21. The Hall–Kier alpha value is -2.00. The molecule has 3 rings (SSSR count). The van der Waals surface area contributed by atoms with Crippen LogP contribution in [0.1, 0.15) is 27.9 Å². The number of carbonyl (C=O) groups excluding carboxylic acids is 1. The summed E-state index contributed by atoms with van der Waals surface area (Å²) in [6.45, 7) is 1.32. The number of nitrogens with two attached hydrogens (primary N) is 1. The second kappa shape index (κ2) is 5.78. The lowest BCUT2D eigenvalue weighted by atomic mass is 10.0. The van der Waals surface area contributed by atoms with E-state index in [0.29, 0.717) is 17.3 Å². The van der Waals surface area contributed by atoms with Crippen molar-refractivity contribution < 1.29 is 4.79 Å². The lowest BCUT2D eigenvalue weighted by Crippen LogP contribution is -2.30. The minimum absolute atomic E-state index is 0.0941. The lowest BCUT2D eigenvalue weighted by molar-refractivity contribution is 0.0749. The predicted molar refractivity (Wildman–Crippen MR) is 85.4 cm³/mol. The third kappa shape index (κ3) is 2.88. The van der Waals surface area contributed by atoms with Crippen molar-refractivity contribution in [3.8, 4) is 0 Å². The second-order valence-electron chi connectivity index (χ2n) is 5.34. The number of aryl methyl sites for hydroxylation is 1. The highest BCUT2D eigenvalue weighted by Crippen LogP contribution is 2.23. The molecule has 0 fully saturated rings. The van der Waals surface area contributed by atoms with Crippen LogP contribution >= 0.6 is 11.6 Å². The number of benzene rings is 2. The van der Waals surface area contributed by atoms with Gasteiger partial charge in [-0.05, 0) is 42.2 Å². The monoisotopic (exact) mass is 300 g/mol. The fraction of sp³-hybridized carbons (Fsp3) is 0.235. The van der Waals surface area contributed by atoms with Crippen molar-refractivity contribution in [3.63, 3.8) is 0 Å². The fourth-order valence-corrected chi connectivity index (χ4v) is 2.86. The molecule has 0 saturated heterocycles. The summed E-state index contributed by atoms with van der Waals surface area (Å²) in [5.74, 6) is 0.0941. The number of anilines is 1. The molecule has 0 saturated carbocycles. The summed E-state index contributed by atoms with van der Waals surface area (Å²) >= 11 is 5.94. The van der Waals surface area contributed by atoms with E-state index >= 15 is 0 Å². The molecule has 1 heterocycles. The van der Waals surface area contributed by atoms with E-state index in [2.05, 4.69) is 0 Å². The molecule has 108 valence electrons. The molecule has 0 aliphatic carbocycles. The topological polar surface area (TPSA) is 46.3 Å². The van der Waals surface area contributed by atoms with E-state index in [1.807, 2.05) is 41.3 Å². The van der Waals surface area contributed by atoms with Crippen molar-refractivity contribution >= 4 is 23.2 Å². The third-order valence-electron chi connectivity index (χ3n) is 3.84. The zero-order valence-electron chi connectivity index (χ0n) is 11.7. The molecule has 0 atom stereocenters. The van der Waals surface area contributed by atoms with E-state index in [1.165, 1.54) is 0 Å². The Morgan fingerprint density at radius 1 is 1.19 bits per heavy atom. The van der Waals surface area contributed by atoms with Crippen LogP contribution in [0.4, 0.5) is 5.69 Å². The molecular weight excluding hydrogens is 284 g/mol. The molecule has 1 aliphatic rings. The Balaban J connectivity index is 1.85. The van der Waals surface area contributed by atoms with Crippen LogP contribution in [-0.2, 0) is 13.0 Å². The molecule has 2 aromatic rings. The van der Waals surface area contributed by atoms with Crippen molar-refractivity contribution in [3.05, 3.63) is 64.2 Å². The van der Waals surface area contributed by atoms with Crippen LogP contribution in [0.3, 0.4) is 0 Å². The first-order valence-corrected chi connectivity index (χ1v) is 7.44. The molecule has 2 aromatic carbocycles. The van der Waals surface area contributed by atoms with E-state index in [4.69, 9.17) is 17.3 Å². The Labute approximate surface area is 129 Å². The van der Waals surface area contributed by atoms with Crippen molar-refractivity contribution in [2.45, 2.75) is 19.4 Å². The number of rotatable bonds is 2. The van der Waals surface area contributed by atoms with Gasteiger partial charge in [0, 0.05) is 18.7 Å². The molecule has 0 bridgehead atoms. The number of hydrogen-bond acceptors (Lipinski definition) is 2. The molecule has 2 N–H and O–H groups in total. The number of carbonyl (C=O) groups is 1. The van der Waals surface area contributed by atoms with Gasteiger partial charge in [0.25, 0.3) is 5.91 Å². The van der Waals surface area contributed by atoms with Crippen LogP contribution in [0.2, 0.25) is 5.02 Å². The van der Waals surface area contributed by atoms with Crippen molar-refractivity contribution in [1.82, 2.24) is 4.90 Å². The Bertz CT molecular complexity index is 684. The first-order chi connectivity index (χ1) is 10.1. The molecule has 1 aliphatic heterocycles. The number of nitrogens with zero attached hydrogens (tertiary/aromatic N) is 1. The Kier molecular flexibility index (Phi) is 3.84. The summed E-state index contributed by atoms with van der Waals surface area (Å²) in [4.78, 5) is 14.5. The van der Waals surface area contributed by atoms with Gasteiger partial charge in [-0.25, -0.2) is 0 Å². The number of nitrogen functional groups attached to an aromatic ring is 1. The third-order valence-corrected chi connectivity index (χ3v) is 4.19. The van der Waals surface area contributed by atoms with E-state index < -0.39 is 0 Å². The van der Waals surface area contributed by atoms with Gasteiger partial charge in [0.05, 0.1) is 10.7 Å². The summed E-state index contributed by atoms with van der Waals surface area (Å²) in [6, 6.07) is 13.4. The van der Waals surface area contributed by atoms with Gasteiger partial charge in [0.1, 0.15) is 0 Å². The minimum Gasteiger partial charge on any atom is -0.398 e. The molecule has 4 heteroatoms. The Morgan fingerprint density at radius 3 is 2.81 bits per heavy atom. The average molecular weight is 301 g/mol. The maximum atomic E-state index is 12.7. The van der Waals surface area contributed by atoms with Gasteiger partial charge in [-0.1, -0.05) is 35.9 Å². The van der Waals surface area contributed by atoms with Gasteiger partial charge >= 0.3 is 0 Å². The van der Waals surface area contributed by atoms with E-state index in [-0.39, 0.29) is 5.91 Å². The highest BCUT2D eigenvalue weighted by Gasteiger charge is 2.22. The number of hydrogen-bond donors (Lipinski definition) is 1. The zero-order chi connectivity index (χ0) is 14.8. The molecular formula is C17H17ClN2O. The van der Waals surface area contributed by atoms with Gasteiger partial charge in [-0.2, -0.15) is 0 Å². The van der Waals surface area contributed by atoms with Crippen LogP contribution in [0.5, 0.6) is 0 Å². The first kappa shape index (κ1) is 14.0. The van der Waals surface area contributed by atoms with Crippen LogP contribution in [0.15, 0.2) is 42.5 Å². The fourth-order valence-electron chi connectivity index (χ4n) is 2.74. The quantitative estimate of drug-likeness (QED) is 0.863. The maximum absolute atomic E-state index is 12.7. The minimum atomic E-state index is 0.0941. The molecule has 0 spiro atoms. The van der Waals surface area contributed by atoms with Crippen molar-refractivity contribution in [2.75, 3.05) is 12.3 Å². The van der Waals surface area contributed by atoms with Crippen LogP contribution in [-0.4, -0.2) is 17.4 Å². The standard InChI is InChI=1S/C17H17ClN2O/c18-15-8-7-12(10-16(15)19)11-20-9-3-5-13-4-1-2-6-14(13)17(20)21/h1-2,4,6-8,10H,3,5,9,11,19H2. The normalized spacial score (nSPS) is 14.7. The summed E-state index contributed by atoms with van der Waals surface area (Å²) < 4.78 is 0. The maximum Gasteiger partial charge on any atom is 0.254 e. The van der Waals surface area contributed by atoms with E-state index in [0.717, 1.165) is 36.1 Å². The number of amides is 1. The highest BCUT2D eigenvalue weighted by atomic mass is 35.5. The van der Waals surface area contributed by atoms with Crippen molar-refractivity contribution in [2.24, 2.45) is 0 Å². The van der Waals surface area contributed by atoms with Crippen LogP contribution < -0.4 is 5.73 Å². The van der Waals surface area contributed by atoms with E-state index in [9.17, 15) is 4.79 Å². The summed E-state index contributed by atoms with van der Waals surface area (Å²) in [6.07, 6.45) is 1.92. The molecule has 0 unspecified atom stereocenters. The van der Waals surface area contributed by atoms with E-state index in [1.54, 1.807) is 6.07 Å². The van der Waals surface area contributed by atoms with Gasteiger partial charge in [0.2, 0.25) is 0 Å². The summed E-state index contributed by atoms with van der Waals surface area (Å²) in [5, 5.41) is 0.547. The predicted octanol–water partition coefficient (Wildman–Crippen LogP) is 3.51.